The van der Waals surface area contributed by atoms with Crippen LogP contribution in [0.2, 0.25) is 0 Å². The van der Waals surface area contributed by atoms with Gasteiger partial charge >= 0.3 is 0 Å². The van der Waals surface area contributed by atoms with E-state index in [1.165, 1.54) is 24.3 Å². The fourth-order valence-electron chi connectivity index (χ4n) is 4.25. The fourth-order valence-corrected chi connectivity index (χ4v) is 4.25. The highest BCUT2D eigenvalue weighted by molar-refractivity contribution is 5.76. The predicted molar refractivity (Wildman–Crippen MR) is 133 cm³/mol. The SMILES string of the molecule is N=c1n(CCCOc2ccc(F)cc2)c2ccccc2n1Cc1ccc(-c2ccc(F)cc2)cc1. The number of nitrogens with zero attached hydrogens (tertiary/aromatic N) is 2. The Hall–Kier alpha value is -4.19. The van der Waals surface area contributed by atoms with Gasteiger partial charge in [0.15, 0.2) is 0 Å². The molecule has 0 amide bonds. The summed E-state index contributed by atoms with van der Waals surface area (Å²) in [6.45, 7) is 1.68. The van der Waals surface area contributed by atoms with Crippen molar-refractivity contribution in [2.24, 2.45) is 0 Å². The van der Waals surface area contributed by atoms with Crippen LogP contribution in [0.5, 0.6) is 5.75 Å². The summed E-state index contributed by atoms with van der Waals surface area (Å²) in [5, 5.41) is 8.85. The van der Waals surface area contributed by atoms with Gasteiger partial charge in [-0.15, -0.1) is 0 Å². The molecule has 0 aliphatic carbocycles. The van der Waals surface area contributed by atoms with Crippen molar-refractivity contribution in [3.63, 3.8) is 0 Å². The molecule has 0 aliphatic rings. The van der Waals surface area contributed by atoms with Gasteiger partial charge in [-0.3, -0.25) is 5.41 Å². The normalized spacial score (nSPS) is 11.1. The highest BCUT2D eigenvalue weighted by atomic mass is 19.1. The largest absolute Gasteiger partial charge is 0.494 e. The zero-order chi connectivity index (χ0) is 24.2. The van der Waals surface area contributed by atoms with Gasteiger partial charge in [0, 0.05) is 6.54 Å². The smallest absolute Gasteiger partial charge is 0.203 e. The minimum atomic E-state index is -0.287. The molecule has 4 nitrogen and oxygen atoms in total. The third-order valence-electron chi connectivity index (χ3n) is 6.06. The Kier molecular flexibility index (Phi) is 6.44. The van der Waals surface area contributed by atoms with Gasteiger partial charge in [0.05, 0.1) is 24.2 Å². The molecule has 1 heterocycles. The molecule has 0 aliphatic heterocycles. The van der Waals surface area contributed by atoms with Gasteiger partial charge in [-0.05, 0) is 71.6 Å². The lowest BCUT2D eigenvalue weighted by Gasteiger charge is -2.08. The van der Waals surface area contributed by atoms with Gasteiger partial charge in [-0.25, -0.2) is 8.78 Å². The number of fused-ring (bicyclic) bond motifs is 1. The third-order valence-corrected chi connectivity index (χ3v) is 6.06. The second kappa shape index (κ2) is 9.97. The summed E-state index contributed by atoms with van der Waals surface area (Å²) >= 11 is 0. The number of hydrogen-bond acceptors (Lipinski definition) is 2. The van der Waals surface area contributed by atoms with Crippen molar-refractivity contribution in [3.8, 4) is 16.9 Å². The third kappa shape index (κ3) is 5.01. The number of ether oxygens (including phenoxy) is 1. The highest BCUT2D eigenvalue weighted by Crippen LogP contribution is 2.21. The Balaban J connectivity index is 1.32. The molecule has 5 aromatic rings. The van der Waals surface area contributed by atoms with Gasteiger partial charge in [-0.2, -0.15) is 0 Å². The van der Waals surface area contributed by atoms with Gasteiger partial charge in [0.2, 0.25) is 5.62 Å². The number of para-hydroxylation sites is 2. The van der Waals surface area contributed by atoms with Gasteiger partial charge in [-0.1, -0.05) is 48.5 Å². The average molecular weight is 470 g/mol. The summed E-state index contributed by atoms with van der Waals surface area (Å²) in [6, 6.07) is 28.6. The zero-order valence-corrected chi connectivity index (χ0v) is 19.1. The van der Waals surface area contributed by atoms with Gasteiger partial charge in [0.25, 0.3) is 0 Å². The maximum atomic E-state index is 13.2. The van der Waals surface area contributed by atoms with E-state index in [2.05, 4.69) is 0 Å². The number of aryl methyl sites for hydroxylation is 1. The summed E-state index contributed by atoms with van der Waals surface area (Å²) in [5.41, 5.74) is 5.49. The van der Waals surface area contributed by atoms with E-state index in [9.17, 15) is 8.78 Å². The molecule has 0 saturated heterocycles. The predicted octanol–water partition coefficient (Wildman–Crippen LogP) is 6.38. The van der Waals surface area contributed by atoms with Crippen molar-refractivity contribution in [1.82, 2.24) is 9.13 Å². The Morgan fingerprint density at radius 1 is 0.657 bits per heavy atom. The molecular formula is C29H25F2N3O. The monoisotopic (exact) mass is 469 g/mol. The van der Waals surface area contributed by atoms with Crippen molar-refractivity contribution in [2.75, 3.05) is 6.61 Å². The number of rotatable bonds is 8. The topological polar surface area (TPSA) is 42.9 Å². The van der Waals surface area contributed by atoms with Crippen LogP contribution < -0.4 is 10.4 Å². The van der Waals surface area contributed by atoms with Crippen LogP contribution in [-0.2, 0) is 13.1 Å². The first kappa shape index (κ1) is 22.6. The van der Waals surface area contributed by atoms with Crippen molar-refractivity contribution < 1.29 is 13.5 Å². The summed E-state index contributed by atoms with van der Waals surface area (Å²) in [6.07, 6.45) is 0.717. The molecular weight excluding hydrogens is 444 g/mol. The standard InChI is InChI=1S/C29H25F2N3O/c30-24-12-10-23(11-13-24)22-8-6-21(7-9-22)20-34-28-5-2-1-4-27(28)33(29(34)32)18-3-19-35-26-16-14-25(31)15-17-26/h1-2,4-17,32H,3,18-20H2. The molecule has 0 radical (unpaired) electrons. The Labute approximate surface area is 202 Å². The van der Waals surface area contributed by atoms with Crippen LogP contribution in [-0.4, -0.2) is 15.7 Å². The number of imidazole rings is 1. The zero-order valence-electron chi connectivity index (χ0n) is 19.1. The number of nitrogens with one attached hydrogen (secondary N) is 1. The quantitative estimate of drug-likeness (QED) is 0.263. The summed E-state index contributed by atoms with van der Waals surface area (Å²) in [7, 11) is 0. The van der Waals surface area contributed by atoms with Crippen molar-refractivity contribution >= 4 is 11.0 Å². The first-order valence-electron chi connectivity index (χ1n) is 11.5. The summed E-state index contributed by atoms with van der Waals surface area (Å²) in [5.74, 6) is 0.0989. The van der Waals surface area contributed by atoms with Crippen LogP contribution in [0.1, 0.15) is 12.0 Å². The average Bonchev–Trinajstić information content (AvgIpc) is 3.14. The molecule has 1 N–H and O–H groups in total. The van der Waals surface area contributed by atoms with E-state index in [0.717, 1.165) is 27.7 Å². The fraction of sp³-hybridized carbons (Fsp3) is 0.138. The van der Waals surface area contributed by atoms with Crippen LogP contribution in [0, 0.1) is 17.0 Å². The van der Waals surface area contributed by atoms with Crippen molar-refractivity contribution in [2.45, 2.75) is 19.5 Å². The molecule has 0 spiro atoms. The second-order valence-electron chi connectivity index (χ2n) is 8.41. The second-order valence-corrected chi connectivity index (χ2v) is 8.41. The number of benzene rings is 4. The Bertz CT molecular complexity index is 1490. The Morgan fingerprint density at radius 3 is 1.83 bits per heavy atom. The molecule has 35 heavy (non-hydrogen) atoms. The molecule has 1 aromatic heterocycles. The minimum absolute atomic E-state index is 0.247. The minimum Gasteiger partial charge on any atom is -0.494 e. The molecule has 176 valence electrons. The number of hydrogen-bond donors (Lipinski definition) is 1. The van der Waals surface area contributed by atoms with Crippen LogP contribution >= 0.6 is 0 Å². The molecule has 5 rings (SSSR count). The van der Waals surface area contributed by atoms with Crippen LogP contribution in [0.25, 0.3) is 22.2 Å². The van der Waals surface area contributed by atoms with E-state index in [0.29, 0.717) is 37.5 Å². The Morgan fingerprint density at radius 2 is 1.20 bits per heavy atom. The molecule has 0 saturated carbocycles. The first-order valence-corrected chi connectivity index (χ1v) is 11.5. The number of aromatic nitrogens is 2. The van der Waals surface area contributed by atoms with Crippen molar-refractivity contribution in [1.29, 1.82) is 5.41 Å². The van der Waals surface area contributed by atoms with Crippen molar-refractivity contribution in [3.05, 3.63) is 120 Å². The summed E-state index contributed by atoms with van der Waals surface area (Å²) < 4.78 is 36.0. The number of halogens is 2. The summed E-state index contributed by atoms with van der Waals surface area (Å²) in [4.78, 5) is 0. The van der Waals surface area contributed by atoms with E-state index in [1.807, 2.05) is 57.7 Å². The molecule has 0 fully saturated rings. The lowest BCUT2D eigenvalue weighted by atomic mass is 10.0. The molecule has 6 heteroatoms. The van der Waals surface area contributed by atoms with E-state index in [1.54, 1.807) is 24.3 Å². The van der Waals surface area contributed by atoms with Crippen LogP contribution in [0.4, 0.5) is 8.78 Å². The maximum absolute atomic E-state index is 13.2. The van der Waals surface area contributed by atoms with Gasteiger partial charge in [0.1, 0.15) is 17.4 Å². The van der Waals surface area contributed by atoms with Gasteiger partial charge < -0.3 is 13.9 Å². The maximum Gasteiger partial charge on any atom is 0.203 e. The molecule has 4 aromatic carbocycles. The van der Waals surface area contributed by atoms with E-state index in [-0.39, 0.29) is 11.6 Å². The van der Waals surface area contributed by atoms with E-state index >= 15 is 0 Å². The van der Waals surface area contributed by atoms with Crippen LogP contribution in [0.15, 0.2) is 97.1 Å². The lowest BCUT2D eigenvalue weighted by molar-refractivity contribution is 0.300. The van der Waals surface area contributed by atoms with Crippen LogP contribution in [0.3, 0.4) is 0 Å². The molecule has 0 unspecified atom stereocenters. The highest BCUT2D eigenvalue weighted by Gasteiger charge is 2.11. The lowest BCUT2D eigenvalue weighted by Crippen LogP contribution is -2.25. The molecule has 0 bridgehead atoms. The first-order chi connectivity index (χ1) is 17.1. The molecule has 0 atom stereocenters. The van der Waals surface area contributed by atoms with E-state index in [4.69, 9.17) is 10.1 Å². The van der Waals surface area contributed by atoms with E-state index < -0.39 is 0 Å².